The standard InChI is InChI=1S/C25H38O4/c1-5-24(29-17(2)26)13-12-22(3)18(16-24)6-7-19-20(22)8-10-23(4)21(19)9-11-25(23)27-14-15-28-25/h5,18-21H,1,6-16H2,2-4H3/t18-,19+,20-,21-,22-,23-,24-/m0/s1. The summed E-state index contributed by atoms with van der Waals surface area (Å²) in [6, 6.07) is 0. The minimum Gasteiger partial charge on any atom is -0.455 e. The summed E-state index contributed by atoms with van der Waals surface area (Å²) in [4.78, 5) is 11.7. The van der Waals surface area contributed by atoms with Gasteiger partial charge in [0.05, 0.1) is 13.2 Å². The van der Waals surface area contributed by atoms with Crippen molar-refractivity contribution in [1.82, 2.24) is 0 Å². The van der Waals surface area contributed by atoms with E-state index in [9.17, 15) is 4.79 Å². The third-order valence-electron chi connectivity index (χ3n) is 10.3. The van der Waals surface area contributed by atoms with Crippen LogP contribution >= 0.6 is 0 Å². The van der Waals surface area contributed by atoms with Crippen molar-refractivity contribution >= 4 is 5.97 Å². The van der Waals surface area contributed by atoms with Gasteiger partial charge in [-0.1, -0.05) is 20.4 Å². The van der Waals surface area contributed by atoms with Crippen molar-refractivity contribution in [2.24, 2.45) is 34.5 Å². The maximum atomic E-state index is 11.7. The molecule has 0 N–H and O–H groups in total. The summed E-state index contributed by atoms with van der Waals surface area (Å²) in [5, 5.41) is 0. The van der Waals surface area contributed by atoms with Crippen molar-refractivity contribution in [2.75, 3.05) is 13.2 Å². The van der Waals surface area contributed by atoms with E-state index in [-0.39, 0.29) is 17.2 Å². The third kappa shape index (κ3) is 2.67. The lowest BCUT2D eigenvalue weighted by Gasteiger charge is -2.62. The molecule has 7 atom stereocenters. The molecule has 0 aromatic heterocycles. The van der Waals surface area contributed by atoms with Crippen LogP contribution in [-0.4, -0.2) is 30.6 Å². The molecular weight excluding hydrogens is 364 g/mol. The van der Waals surface area contributed by atoms with Crippen molar-refractivity contribution in [2.45, 2.75) is 89.9 Å². The van der Waals surface area contributed by atoms with E-state index < -0.39 is 5.60 Å². The molecule has 4 nitrogen and oxygen atoms in total. The van der Waals surface area contributed by atoms with Gasteiger partial charge in [-0.15, -0.1) is 0 Å². The molecule has 0 unspecified atom stereocenters. The first-order chi connectivity index (χ1) is 13.8. The zero-order valence-corrected chi connectivity index (χ0v) is 18.5. The van der Waals surface area contributed by atoms with E-state index in [1.807, 2.05) is 6.08 Å². The second-order valence-corrected chi connectivity index (χ2v) is 11.2. The average molecular weight is 403 g/mol. The molecule has 5 rings (SSSR count). The Kier molecular flexibility index (Phi) is 4.54. The molecule has 1 aliphatic heterocycles. The van der Waals surface area contributed by atoms with Crippen LogP contribution in [0.15, 0.2) is 12.7 Å². The van der Waals surface area contributed by atoms with Gasteiger partial charge in [-0.3, -0.25) is 4.79 Å². The fourth-order valence-electron chi connectivity index (χ4n) is 8.75. The summed E-state index contributed by atoms with van der Waals surface area (Å²) in [5.74, 6) is 2.41. The van der Waals surface area contributed by atoms with Gasteiger partial charge in [-0.25, -0.2) is 0 Å². The first-order valence-electron chi connectivity index (χ1n) is 11.9. The second kappa shape index (κ2) is 6.56. The molecule has 0 amide bonds. The van der Waals surface area contributed by atoms with E-state index >= 15 is 0 Å². The van der Waals surface area contributed by atoms with Crippen LogP contribution in [0.2, 0.25) is 0 Å². The number of hydrogen-bond acceptors (Lipinski definition) is 4. The molecule has 0 radical (unpaired) electrons. The minimum atomic E-state index is -0.449. The second-order valence-electron chi connectivity index (χ2n) is 11.2. The van der Waals surface area contributed by atoms with Gasteiger partial charge in [0.25, 0.3) is 0 Å². The van der Waals surface area contributed by atoms with Crippen LogP contribution in [0.1, 0.15) is 78.6 Å². The summed E-state index contributed by atoms with van der Waals surface area (Å²) in [6.45, 7) is 12.1. The highest BCUT2D eigenvalue weighted by atomic mass is 16.7. The number of esters is 1. The first kappa shape index (κ1) is 20.1. The fourth-order valence-corrected chi connectivity index (χ4v) is 8.75. The molecule has 0 bridgehead atoms. The quantitative estimate of drug-likeness (QED) is 0.467. The lowest BCUT2D eigenvalue weighted by atomic mass is 9.44. The van der Waals surface area contributed by atoms with Crippen LogP contribution in [0.4, 0.5) is 0 Å². The number of hydrogen-bond donors (Lipinski definition) is 0. The Morgan fingerprint density at radius 1 is 1.00 bits per heavy atom. The molecule has 4 aliphatic carbocycles. The zero-order valence-electron chi connectivity index (χ0n) is 18.5. The smallest absolute Gasteiger partial charge is 0.303 e. The average Bonchev–Trinajstić information content (AvgIpc) is 3.28. The topological polar surface area (TPSA) is 44.8 Å². The van der Waals surface area contributed by atoms with E-state index in [1.165, 1.54) is 39.0 Å². The highest BCUT2D eigenvalue weighted by Crippen LogP contribution is 2.70. The van der Waals surface area contributed by atoms with Crippen molar-refractivity contribution in [3.63, 3.8) is 0 Å². The molecule has 162 valence electrons. The Morgan fingerprint density at radius 3 is 2.41 bits per heavy atom. The van der Waals surface area contributed by atoms with E-state index in [4.69, 9.17) is 14.2 Å². The predicted molar refractivity (Wildman–Crippen MR) is 111 cm³/mol. The monoisotopic (exact) mass is 402 g/mol. The summed E-state index contributed by atoms with van der Waals surface area (Å²) < 4.78 is 18.4. The van der Waals surface area contributed by atoms with Gasteiger partial charge in [-0.05, 0) is 86.5 Å². The maximum absolute atomic E-state index is 11.7. The van der Waals surface area contributed by atoms with E-state index in [0.717, 1.165) is 56.7 Å². The van der Waals surface area contributed by atoms with Crippen LogP contribution in [0.3, 0.4) is 0 Å². The largest absolute Gasteiger partial charge is 0.455 e. The minimum absolute atomic E-state index is 0.172. The van der Waals surface area contributed by atoms with E-state index in [0.29, 0.717) is 11.3 Å². The summed E-state index contributed by atoms with van der Waals surface area (Å²) in [7, 11) is 0. The van der Waals surface area contributed by atoms with Gasteiger partial charge in [0.2, 0.25) is 0 Å². The lowest BCUT2D eigenvalue weighted by Crippen LogP contribution is -2.58. The van der Waals surface area contributed by atoms with Crippen LogP contribution < -0.4 is 0 Å². The molecule has 0 aromatic rings. The summed E-state index contributed by atoms with van der Waals surface area (Å²) >= 11 is 0. The van der Waals surface area contributed by atoms with Crippen molar-refractivity contribution in [3.05, 3.63) is 12.7 Å². The Hall–Kier alpha value is -0.870. The van der Waals surface area contributed by atoms with Gasteiger partial charge >= 0.3 is 5.97 Å². The number of rotatable bonds is 2. The van der Waals surface area contributed by atoms with Crippen molar-refractivity contribution in [1.29, 1.82) is 0 Å². The Morgan fingerprint density at radius 2 is 1.72 bits per heavy atom. The third-order valence-corrected chi connectivity index (χ3v) is 10.3. The highest BCUT2D eigenvalue weighted by Gasteiger charge is 2.67. The van der Waals surface area contributed by atoms with Gasteiger partial charge in [0.1, 0.15) is 5.60 Å². The molecule has 1 heterocycles. The molecule has 29 heavy (non-hydrogen) atoms. The molecular formula is C25H38O4. The van der Waals surface area contributed by atoms with Crippen molar-refractivity contribution < 1.29 is 19.0 Å². The Bertz CT molecular complexity index is 697. The molecule has 1 saturated heterocycles. The fraction of sp³-hybridized carbons (Fsp3) is 0.880. The SMILES string of the molecule is C=C[C@]1(OC(C)=O)CC[C@@]2(C)[C@@H](CC[C@@H]3[C@@H]2CC[C@@]2(C)[C@H]3CCC23OCCO3)C1. The maximum Gasteiger partial charge on any atom is 0.303 e. The molecule has 1 spiro atoms. The van der Waals surface area contributed by atoms with Crippen LogP contribution in [0, 0.1) is 34.5 Å². The van der Waals surface area contributed by atoms with Crippen LogP contribution in [0.25, 0.3) is 0 Å². The number of fused-ring (bicyclic) bond motifs is 6. The van der Waals surface area contributed by atoms with Crippen molar-refractivity contribution in [3.8, 4) is 0 Å². The normalized spacial score (nSPS) is 50.4. The summed E-state index contributed by atoms with van der Waals surface area (Å²) in [6.07, 6.45) is 12.3. The summed E-state index contributed by atoms with van der Waals surface area (Å²) in [5.41, 5.74) is 0.0736. The van der Waals surface area contributed by atoms with Crippen LogP contribution in [0.5, 0.6) is 0 Å². The molecule has 0 aromatic carbocycles. The first-order valence-corrected chi connectivity index (χ1v) is 11.9. The van der Waals surface area contributed by atoms with E-state index in [1.54, 1.807) is 0 Å². The van der Waals surface area contributed by atoms with Gasteiger partial charge in [0, 0.05) is 18.8 Å². The van der Waals surface area contributed by atoms with Gasteiger partial charge in [-0.2, -0.15) is 0 Å². The Balaban J connectivity index is 1.39. The molecule has 4 saturated carbocycles. The van der Waals surface area contributed by atoms with Gasteiger partial charge < -0.3 is 14.2 Å². The van der Waals surface area contributed by atoms with E-state index in [2.05, 4.69) is 20.4 Å². The lowest BCUT2D eigenvalue weighted by molar-refractivity contribution is -0.248. The number of carbonyl (C=O) groups is 1. The predicted octanol–water partition coefficient (Wildman–Crippen LogP) is 5.26. The number of ether oxygens (including phenoxy) is 3. The number of carbonyl (C=O) groups excluding carboxylic acids is 1. The molecule has 5 aliphatic rings. The zero-order chi connectivity index (χ0) is 20.5. The molecule has 4 heteroatoms. The Labute approximate surface area is 175 Å². The van der Waals surface area contributed by atoms with Gasteiger partial charge in [0.15, 0.2) is 5.79 Å². The van der Waals surface area contributed by atoms with Crippen LogP contribution in [-0.2, 0) is 19.0 Å². The molecule has 5 fully saturated rings. The highest BCUT2D eigenvalue weighted by molar-refractivity contribution is 5.66.